The fourth-order valence-electron chi connectivity index (χ4n) is 3.92. The summed E-state index contributed by atoms with van der Waals surface area (Å²) in [6.45, 7) is 13.2. The van der Waals surface area contributed by atoms with Crippen molar-refractivity contribution in [2.75, 3.05) is 19.6 Å². The number of piperidine rings is 1. The monoisotopic (exact) mass is 409 g/mol. The van der Waals surface area contributed by atoms with Gasteiger partial charge < -0.3 is 10.2 Å². The quantitative estimate of drug-likeness (QED) is 0.700. The van der Waals surface area contributed by atoms with Gasteiger partial charge in [0, 0.05) is 32.7 Å². The minimum Gasteiger partial charge on any atom is -0.310 e. The average Bonchev–Trinajstić information content (AvgIpc) is 3.15. The fraction of sp³-hybridized carbons (Fsp3) is 0.458. The molecule has 162 valence electrons. The number of benzene rings is 1. The molecule has 1 fully saturated rings. The van der Waals surface area contributed by atoms with Gasteiger partial charge in [0.05, 0.1) is 5.69 Å². The second-order valence-corrected chi connectivity index (χ2v) is 8.59. The second kappa shape index (κ2) is 9.85. The second-order valence-electron chi connectivity index (χ2n) is 8.59. The molecular weight excluding hydrogens is 374 g/mol. The minimum absolute atomic E-state index is 0. The van der Waals surface area contributed by atoms with Crippen LogP contribution >= 0.6 is 0 Å². The zero-order valence-electron chi connectivity index (χ0n) is 18.6. The number of amides is 1. The molecule has 0 unspecified atom stereocenters. The standard InChI is InChI=1S/C24H33N5O.H2/c1-17(2)16-29-12-8-19(9-13-29)24(30)26-23(25-4)15-21-14-20(7-6-18(21)3)22-10-11-28(5)27-22;/h6-7,10-11,14-15,17,19H,4,8-9,12-13,16H2,1-3,5H3,(H,26,30);1H/b23-15+;. The number of nitrogens with zero attached hydrogens (tertiary/aromatic N) is 4. The lowest BCUT2D eigenvalue weighted by Gasteiger charge is -2.32. The zero-order valence-corrected chi connectivity index (χ0v) is 18.6. The number of carbonyl (C=O) groups excluding carboxylic acids is 1. The summed E-state index contributed by atoms with van der Waals surface area (Å²) in [4.78, 5) is 19.3. The summed E-state index contributed by atoms with van der Waals surface area (Å²) in [5.74, 6) is 1.21. The number of aromatic nitrogens is 2. The van der Waals surface area contributed by atoms with E-state index in [4.69, 9.17) is 0 Å². The maximum atomic E-state index is 12.8. The van der Waals surface area contributed by atoms with E-state index >= 15 is 0 Å². The first-order valence-electron chi connectivity index (χ1n) is 10.7. The molecule has 2 heterocycles. The molecule has 1 aromatic carbocycles. The third kappa shape index (κ3) is 5.66. The fourth-order valence-corrected chi connectivity index (χ4v) is 3.92. The molecule has 0 atom stereocenters. The van der Waals surface area contributed by atoms with Crippen LogP contribution in [0, 0.1) is 18.8 Å². The van der Waals surface area contributed by atoms with Crippen molar-refractivity contribution in [3.8, 4) is 11.3 Å². The Morgan fingerprint density at radius 1 is 1.37 bits per heavy atom. The molecule has 0 radical (unpaired) electrons. The highest BCUT2D eigenvalue weighted by Crippen LogP contribution is 2.23. The summed E-state index contributed by atoms with van der Waals surface area (Å²) >= 11 is 0. The van der Waals surface area contributed by atoms with E-state index in [1.54, 1.807) is 4.68 Å². The van der Waals surface area contributed by atoms with Crippen LogP contribution in [0.1, 0.15) is 39.2 Å². The number of carbonyl (C=O) groups is 1. The van der Waals surface area contributed by atoms with E-state index in [2.05, 4.69) is 59.1 Å². The molecule has 0 saturated carbocycles. The Balaban J connectivity index is 0.00000341. The van der Waals surface area contributed by atoms with Crippen molar-refractivity contribution < 1.29 is 6.22 Å². The maximum Gasteiger partial charge on any atom is 0.228 e. The molecule has 3 rings (SSSR count). The normalized spacial score (nSPS) is 16.1. The van der Waals surface area contributed by atoms with Gasteiger partial charge in [-0.2, -0.15) is 5.10 Å². The number of hydrogen-bond donors (Lipinski definition) is 1. The number of aliphatic imine (C=N–C) groups is 1. The van der Waals surface area contributed by atoms with Gasteiger partial charge in [-0.15, -0.1) is 0 Å². The Labute approximate surface area is 181 Å². The number of hydrogen-bond acceptors (Lipinski definition) is 4. The lowest BCUT2D eigenvalue weighted by Crippen LogP contribution is -2.41. The molecule has 1 saturated heterocycles. The minimum atomic E-state index is 0. The summed E-state index contributed by atoms with van der Waals surface area (Å²) in [5.41, 5.74) is 4.04. The third-order valence-electron chi connectivity index (χ3n) is 5.58. The zero-order chi connectivity index (χ0) is 21.7. The predicted molar refractivity (Wildman–Crippen MR) is 125 cm³/mol. The van der Waals surface area contributed by atoms with E-state index in [0.717, 1.165) is 54.9 Å². The van der Waals surface area contributed by atoms with Crippen molar-refractivity contribution in [1.82, 2.24) is 20.0 Å². The number of aryl methyl sites for hydroxylation is 2. The molecule has 30 heavy (non-hydrogen) atoms. The number of rotatable bonds is 7. The van der Waals surface area contributed by atoms with Gasteiger partial charge in [-0.3, -0.25) is 9.48 Å². The van der Waals surface area contributed by atoms with Crippen LogP contribution in [0.25, 0.3) is 17.3 Å². The number of likely N-dealkylation sites (tertiary alicyclic amines) is 1. The van der Waals surface area contributed by atoms with E-state index in [-0.39, 0.29) is 13.3 Å². The summed E-state index contributed by atoms with van der Waals surface area (Å²) in [7, 11) is 1.90. The lowest BCUT2D eigenvalue weighted by molar-refractivity contribution is -0.125. The third-order valence-corrected chi connectivity index (χ3v) is 5.58. The first-order valence-corrected chi connectivity index (χ1v) is 10.7. The Hall–Kier alpha value is -2.73. The Kier molecular flexibility index (Phi) is 7.21. The molecule has 0 spiro atoms. The van der Waals surface area contributed by atoms with Gasteiger partial charge in [0.1, 0.15) is 5.82 Å². The molecule has 6 nitrogen and oxygen atoms in total. The summed E-state index contributed by atoms with van der Waals surface area (Å²) in [6.07, 6.45) is 5.59. The molecule has 1 amide bonds. The van der Waals surface area contributed by atoms with Crippen LogP contribution in [0.4, 0.5) is 0 Å². The Morgan fingerprint density at radius 3 is 2.70 bits per heavy atom. The van der Waals surface area contributed by atoms with Crippen LogP contribution in [0.15, 0.2) is 41.3 Å². The molecule has 1 aromatic heterocycles. The first-order chi connectivity index (χ1) is 14.4. The van der Waals surface area contributed by atoms with Gasteiger partial charge in [0.15, 0.2) is 0 Å². The van der Waals surface area contributed by atoms with Gasteiger partial charge in [0.25, 0.3) is 0 Å². The highest BCUT2D eigenvalue weighted by molar-refractivity contribution is 5.82. The number of nitrogens with one attached hydrogen (secondary N) is 1. The van der Waals surface area contributed by atoms with Crippen LogP contribution < -0.4 is 5.32 Å². The van der Waals surface area contributed by atoms with E-state index in [0.29, 0.717) is 11.7 Å². The average molecular weight is 410 g/mol. The maximum absolute atomic E-state index is 12.8. The van der Waals surface area contributed by atoms with Crippen molar-refractivity contribution in [3.05, 3.63) is 47.4 Å². The smallest absolute Gasteiger partial charge is 0.228 e. The van der Waals surface area contributed by atoms with Gasteiger partial charge in [-0.05, 0) is 74.8 Å². The van der Waals surface area contributed by atoms with E-state index < -0.39 is 0 Å². The van der Waals surface area contributed by atoms with Gasteiger partial charge >= 0.3 is 0 Å². The van der Waals surface area contributed by atoms with E-state index in [9.17, 15) is 4.79 Å². The van der Waals surface area contributed by atoms with Crippen molar-refractivity contribution in [2.45, 2.75) is 33.6 Å². The largest absolute Gasteiger partial charge is 0.310 e. The van der Waals surface area contributed by atoms with Gasteiger partial charge in [-0.1, -0.05) is 26.0 Å². The van der Waals surface area contributed by atoms with Crippen molar-refractivity contribution in [2.24, 2.45) is 23.9 Å². The Morgan fingerprint density at radius 2 is 2.10 bits per heavy atom. The highest BCUT2D eigenvalue weighted by atomic mass is 16.2. The molecule has 1 aliphatic heterocycles. The summed E-state index contributed by atoms with van der Waals surface area (Å²) < 4.78 is 1.79. The molecular formula is C24H35N5O. The van der Waals surface area contributed by atoms with Crippen LogP contribution in [0.5, 0.6) is 0 Å². The molecule has 0 bridgehead atoms. The molecule has 6 heteroatoms. The summed E-state index contributed by atoms with van der Waals surface area (Å²) in [5, 5.41) is 7.46. The van der Waals surface area contributed by atoms with E-state index in [1.807, 2.05) is 32.3 Å². The van der Waals surface area contributed by atoms with Crippen LogP contribution in [0.3, 0.4) is 0 Å². The SMILES string of the molecule is C=N/C(=C\c1cc(-c2ccn(C)n2)ccc1C)NC(=O)C1CCN(CC(C)C)CC1.[HH]. The molecule has 0 aliphatic carbocycles. The predicted octanol–water partition coefficient (Wildman–Crippen LogP) is 4.12. The lowest BCUT2D eigenvalue weighted by atomic mass is 9.95. The van der Waals surface area contributed by atoms with Crippen molar-refractivity contribution >= 4 is 18.7 Å². The van der Waals surface area contributed by atoms with Crippen LogP contribution in [-0.4, -0.2) is 46.9 Å². The molecule has 1 aliphatic rings. The van der Waals surface area contributed by atoms with Crippen LogP contribution in [0.2, 0.25) is 0 Å². The Bertz CT molecular complexity index is 926. The van der Waals surface area contributed by atoms with E-state index in [1.165, 1.54) is 0 Å². The summed E-state index contributed by atoms with van der Waals surface area (Å²) in [6, 6.07) is 8.17. The van der Waals surface area contributed by atoms with Crippen LogP contribution in [-0.2, 0) is 11.8 Å². The highest BCUT2D eigenvalue weighted by Gasteiger charge is 2.25. The topological polar surface area (TPSA) is 62.5 Å². The molecule has 2 aromatic rings. The van der Waals surface area contributed by atoms with Gasteiger partial charge in [-0.25, -0.2) is 4.99 Å². The van der Waals surface area contributed by atoms with Gasteiger partial charge in [0.2, 0.25) is 5.91 Å². The van der Waals surface area contributed by atoms with Crippen molar-refractivity contribution in [3.63, 3.8) is 0 Å². The molecule has 1 N–H and O–H groups in total. The van der Waals surface area contributed by atoms with Crippen molar-refractivity contribution in [1.29, 1.82) is 0 Å². The first kappa shape index (κ1) is 22.0.